The summed E-state index contributed by atoms with van der Waals surface area (Å²) in [7, 11) is 0. The molecule has 0 fully saturated rings. The summed E-state index contributed by atoms with van der Waals surface area (Å²) >= 11 is 0. The van der Waals surface area contributed by atoms with Crippen LogP contribution in [-0.2, 0) is 25.7 Å². The van der Waals surface area contributed by atoms with Crippen molar-refractivity contribution in [1.29, 1.82) is 0 Å². The first-order valence-corrected chi connectivity index (χ1v) is 7.98. The van der Waals surface area contributed by atoms with E-state index in [0.29, 0.717) is 0 Å². The van der Waals surface area contributed by atoms with Gasteiger partial charge in [-0.25, -0.2) is 9.48 Å². The highest BCUT2D eigenvalue weighted by molar-refractivity contribution is 5.88. The fourth-order valence-corrected chi connectivity index (χ4v) is 2.37. The van der Waals surface area contributed by atoms with Crippen molar-refractivity contribution in [2.75, 3.05) is 0 Å². The molecule has 0 spiro atoms. The number of benzene rings is 1. The Kier molecular flexibility index (Phi) is 6.61. The van der Waals surface area contributed by atoms with Gasteiger partial charge in [-0.2, -0.15) is 0 Å². The fourth-order valence-electron chi connectivity index (χ4n) is 2.37. The summed E-state index contributed by atoms with van der Waals surface area (Å²) in [5.41, 5.74) is -2.23. The lowest BCUT2D eigenvalue weighted by molar-refractivity contribution is -0.274. The second-order valence-corrected chi connectivity index (χ2v) is 5.93. The Morgan fingerprint density at radius 1 is 1.00 bits per heavy atom. The molecule has 30 heavy (non-hydrogen) atoms. The number of rotatable bonds is 10. The van der Waals surface area contributed by atoms with E-state index in [1.165, 1.54) is 18.3 Å². The van der Waals surface area contributed by atoms with Crippen LogP contribution in [0.15, 0.2) is 30.5 Å². The summed E-state index contributed by atoms with van der Waals surface area (Å²) in [5.74, 6) is -5.39. The highest BCUT2D eigenvalue weighted by Crippen LogP contribution is 2.25. The highest BCUT2D eigenvalue weighted by atomic mass is 19.4. The van der Waals surface area contributed by atoms with Gasteiger partial charge in [0.05, 0.1) is 31.3 Å². The van der Waals surface area contributed by atoms with Crippen molar-refractivity contribution in [2.24, 2.45) is 0 Å². The molecule has 0 amide bonds. The van der Waals surface area contributed by atoms with Crippen LogP contribution in [0.5, 0.6) is 5.75 Å². The third-order valence-corrected chi connectivity index (χ3v) is 3.64. The molecule has 14 heteroatoms. The third kappa shape index (κ3) is 6.16. The summed E-state index contributed by atoms with van der Waals surface area (Å²) in [4.78, 5) is 33.4. The highest BCUT2D eigenvalue weighted by Gasteiger charge is 2.44. The number of ether oxygens (including phenoxy) is 2. The molecule has 162 valence electrons. The van der Waals surface area contributed by atoms with E-state index >= 15 is 0 Å². The van der Waals surface area contributed by atoms with Crippen molar-refractivity contribution in [3.05, 3.63) is 36.2 Å². The number of aliphatic carboxylic acids is 3. The molecule has 0 radical (unpaired) electrons. The molecule has 2 rings (SSSR count). The quantitative estimate of drug-likeness (QED) is 0.500. The number of carboxylic acid groups (broad SMARTS) is 3. The Morgan fingerprint density at radius 3 is 2.03 bits per heavy atom. The third-order valence-electron chi connectivity index (χ3n) is 3.64. The van der Waals surface area contributed by atoms with Crippen LogP contribution in [0.3, 0.4) is 0 Å². The number of carbonyl (C=O) groups is 3. The van der Waals surface area contributed by atoms with Crippen molar-refractivity contribution in [3.63, 3.8) is 0 Å². The van der Waals surface area contributed by atoms with Crippen molar-refractivity contribution in [2.45, 2.75) is 31.4 Å². The number of carboxylic acids is 3. The van der Waals surface area contributed by atoms with E-state index in [2.05, 4.69) is 15.0 Å². The predicted molar refractivity (Wildman–Crippen MR) is 87.7 cm³/mol. The zero-order valence-electron chi connectivity index (χ0n) is 14.9. The Hall–Kier alpha value is -3.68. The summed E-state index contributed by atoms with van der Waals surface area (Å²) < 4.78 is 46.5. The van der Waals surface area contributed by atoms with Gasteiger partial charge in [-0.3, -0.25) is 9.59 Å². The van der Waals surface area contributed by atoms with Gasteiger partial charge < -0.3 is 24.8 Å². The maximum Gasteiger partial charge on any atom is 0.573 e. The first-order chi connectivity index (χ1) is 13.9. The van der Waals surface area contributed by atoms with Crippen LogP contribution in [0.2, 0.25) is 0 Å². The Labute approximate surface area is 165 Å². The molecule has 0 aliphatic heterocycles. The average molecular weight is 433 g/mol. The topological polar surface area (TPSA) is 161 Å². The molecule has 1 aromatic heterocycles. The van der Waals surface area contributed by atoms with Gasteiger partial charge in [-0.15, -0.1) is 18.3 Å². The van der Waals surface area contributed by atoms with Gasteiger partial charge in [0, 0.05) is 0 Å². The zero-order chi connectivity index (χ0) is 22.5. The van der Waals surface area contributed by atoms with Crippen molar-refractivity contribution >= 4 is 17.9 Å². The Bertz CT molecular complexity index is 911. The van der Waals surface area contributed by atoms with E-state index < -0.39 is 55.1 Å². The van der Waals surface area contributed by atoms with E-state index in [-0.39, 0.29) is 11.4 Å². The fraction of sp³-hybridized carbons (Fsp3) is 0.312. The maximum atomic E-state index is 12.2. The molecule has 0 saturated carbocycles. The molecule has 0 aliphatic carbocycles. The molecule has 1 heterocycles. The Morgan fingerprint density at radius 2 is 1.57 bits per heavy atom. The number of hydrogen-bond donors (Lipinski definition) is 3. The first kappa shape index (κ1) is 22.6. The SMILES string of the molecule is O=C(O)CC(CC(=O)O)(OCc1cn(-c2ccc(OC(F)(F)F)cc2)nn1)C(=O)O. The normalized spacial score (nSPS) is 11.8. The summed E-state index contributed by atoms with van der Waals surface area (Å²) in [6, 6.07) is 4.57. The number of alkyl halides is 3. The van der Waals surface area contributed by atoms with Crippen LogP contribution in [0, 0.1) is 0 Å². The maximum absolute atomic E-state index is 12.2. The molecule has 0 unspecified atom stereocenters. The lowest BCUT2D eigenvalue weighted by Gasteiger charge is -2.25. The van der Waals surface area contributed by atoms with E-state index in [1.807, 2.05) is 0 Å². The lowest BCUT2D eigenvalue weighted by atomic mass is 9.95. The van der Waals surface area contributed by atoms with Gasteiger partial charge in [0.25, 0.3) is 0 Å². The van der Waals surface area contributed by atoms with E-state index in [4.69, 9.17) is 14.9 Å². The standard InChI is InChI=1S/C16H14F3N3O8/c17-16(18,19)30-11-3-1-10(2-4-11)22-7-9(20-21-22)8-29-15(14(27)28,5-12(23)24)6-13(25)26/h1-4,7H,5-6,8H2,(H,23,24)(H,25,26)(H,27,28). The first-order valence-electron chi connectivity index (χ1n) is 7.98. The minimum atomic E-state index is -4.85. The van der Waals surface area contributed by atoms with Gasteiger partial charge in [0.1, 0.15) is 11.4 Å². The zero-order valence-corrected chi connectivity index (χ0v) is 14.9. The Balaban J connectivity index is 2.14. The van der Waals surface area contributed by atoms with E-state index in [1.54, 1.807) is 0 Å². The summed E-state index contributed by atoms with van der Waals surface area (Å²) in [5, 5.41) is 34.5. The van der Waals surface area contributed by atoms with Crippen LogP contribution < -0.4 is 4.74 Å². The van der Waals surface area contributed by atoms with Crippen LogP contribution in [0.1, 0.15) is 18.5 Å². The summed E-state index contributed by atoms with van der Waals surface area (Å²) in [6.07, 6.45) is -5.82. The molecule has 0 aliphatic rings. The van der Waals surface area contributed by atoms with Gasteiger partial charge in [-0.1, -0.05) is 5.21 Å². The minimum Gasteiger partial charge on any atom is -0.481 e. The molecule has 3 N–H and O–H groups in total. The van der Waals surface area contributed by atoms with Crippen molar-refractivity contribution in [3.8, 4) is 11.4 Å². The summed E-state index contributed by atoms with van der Waals surface area (Å²) in [6.45, 7) is -0.581. The van der Waals surface area contributed by atoms with E-state index in [0.717, 1.165) is 16.8 Å². The monoisotopic (exact) mass is 433 g/mol. The molecule has 0 saturated heterocycles. The molecular formula is C16H14F3N3O8. The number of hydrogen-bond acceptors (Lipinski definition) is 7. The molecule has 0 atom stereocenters. The van der Waals surface area contributed by atoms with Crippen LogP contribution in [0.4, 0.5) is 13.2 Å². The van der Waals surface area contributed by atoms with Crippen LogP contribution >= 0.6 is 0 Å². The molecule has 0 bridgehead atoms. The average Bonchev–Trinajstić information content (AvgIpc) is 3.07. The molecular weight excluding hydrogens is 419 g/mol. The van der Waals surface area contributed by atoms with Gasteiger partial charge in [0.15, 0.2) is 5.60 Å². The predicted octanol–water partition coefficient (Wildman–Crippen LogP) is 1.46. The van der Waals surface area contributed by atoms with Gasteiger partial charge in [0.2, 0.25) is 0 Å². The molecule has 11 nitrogen and oxygen atoms in total. The number of halogens is 3. The smallest absolute Gasteiger partial charge is 0.481 e. The second-order valence-electron chi connectivity index (χ2n) is 5.93. The molecule has 2 aromatic rings. The van der Waals surface area contributed by atoms with Crippen molar-refractivity contribution in [1.82, 2.24) is 15.0 Å². The largest absolute Gasteiger partial charge is 0.573 e. The second kappa shape index (κ2) is 8.77. The van der Waals surface area contributed by atoms with Crippen LogP contribution in [-0.4, -0.2) is 60.2 Å². The number of nitrogens with zero attached hydrogens (tertiary/aromatic N) is 3. The number of aromatic nitrogens is 3. The van der Waals surface area contributed by atoms with Crippen LogP contribution in [0.25, 0.3) is 5.69 Å². The van der Waals surface area contributed by atoms with Gasteiger partial charge in [-0.05, 0) is 24.3 Å². The van der Waals surface area contributed by atoms with Crippen molar-refractivity contribution < 1.29 is 52.3 Å². The van der Waals surface area contributed by atoms with Gasteiger partial charge >= 0.3 is 24.3 Å². The minimum absolute atomic E-state index is 0.0204. The van der Waals surface area contributed by atoms with E-state index in [9.17, 15) is 32.7 Å². The molecule has 1 aromatic carbocycles. The lowest BCUT2D eigenvalue weighted by Crippen LogP contribution is -2.45.